The van der Waals surface area contributed by atoms with Crippen molar-refractivity contribution in [2.75, 3.05) is 19.9 Å². The fourth-order valence-electron chi connectivity index (χ4n) is 1.66. The van der Waals surface area contributed by atoms with Gasteiger partial charge in [0.25, 0.3) is 0 Å². The third kappa shape index (κ3) is 4.98. The lowest BCUT2D eigenvalue weighted by Gasteiger charge is -2.12. The lowest BCUT2D eigenvalue weighted by Crippen LogP contribution is -2.26. The molecule has 0 radical (unpaired) electrons. The summed E-state index contributed by atoms with van der Waals surface area (Å²) in [5.41, 5.74) is 0. The van der Waals surface area contributed by atoms with Gasteiger partial charge < -0.3 is 4.74 Å². The molecular formula is C13H21NO5S2. The van der Waals surface area contributed by atoms with Crippen molar-refractivity contribution in [1.82, 2.24) is 4.72 Å². The first-order valence-electron chi connectivity index (χ1n) is 6.45. The van der Waals surface area contributed by atoms with Gasteiger partial charge in [-0.25, -0.2) is 21.6 Å². The van der Waals surface area contributed by atoms with Gasteiger partial charge in [-0.2, -0.15) is 0 Å². The van der Waals surface area contributed by atoms with Crippen LogP contribution in [0.3, 0.4) is 0 Å². The first-order chi connectivity index (χ1) is 9.58. The van der Waals surface area contributed by atoms with Crippen LogP contribution in [0.15, 0.2) is 28.0 Å². The fourth-order valence-corrected chi connectivity index (χ4v) is 3.62. The summed E-state index contributed by atoms with van der Waals surface area (Å²) in [5.74, 6) is 0.469. The van der Waals surface area contributed by atoms with Crippen molar-refractivity contribution >= 4 is 19.9 Å². The van der Waals surface area contributed by atoms with Crippen LogP contribution in [0.5, 0.6) is 5.75 Å². The van der Waals surface area contributed by atoms with Gasteiger partial charge in [-0.15, -0.1) is 0 Å². The summed E-state index contributed by atoms with van der Waals surface area (Å²) >= 11 is 0. The highest BCUT2D eigenvalue weighted by Crippen LogP contribution is 2.26. The summed E-state index contributed by atoms with van der Waals surface area (Å²) in [7, 11) is -5.98. The molecule has 0 heterocycles. The van der Waals surface area contributed by atoms with Gasteiger partial charge in [-0.3, -0.25) is 0 Å². The van der Waals surface area contributed by atoms with Gasteiger partial charge in [0.05, 0.1) is 12.0 Å². The fraction of sp³-hybridized carbons (Fsp3) is 0.538. The highest BCUT2D eigenvalue weighted by molar-refractivity contribution is 7.91. The van der Waals surface area contributed by atoms with Gasteiger partial charge >= 0.3 is 0 Å². The quantitative estimate of drug-likeness (QED) is 0.814. The molecule has 120 valence electrons. The third-order valence-electron chi connectivity index (χ3n) is 2.87. The molecule has 21 heavy (non-hydrogen) atoms. The summed E-state index contributed by atoms with van der Waals surface area (Å²) in [5, 5.41) is 0. The molecule has 0 aliphatic rings. The van der Waals surface area contributed by atoms with E-state index in [-0.39, 0.29) is 22.1 Å². The van der Waals surface area contributed by atoms with Crippen LogP contribution in [0.4, 0.5) is 0 Å². The van der Waals surface area contributed by atoms with Gasteiger partial charge in [0.2, 0.25) is 10.0 Å². The smallest absolute Gasteiger partial charge is 0.244 e. The Morgan fingerprint density at radius 2 is 1.81 bits per heavy atom. The molecule has 0 spiro atoms. The second-order valence-corrected chi connectivity index (χ2v) is 8.92. The Hall–Kier alpha value is -1.12. The van der Waals surface area contributed by atoms with E-state index in [0.717, 1.165) is 12.3 Å². The van der Waals surface area contributed by atoms with Gasteiger partial charge in [0, 0.05) is 12.8 Å². The van der Waals surface area contributed by atoms with Crippen LogP contribution in [-0.2, 0) is 19.9 Å². The van der Waals surface area contributed by atoms with Crippen LogP contribution in [0, 0.1) is 5.92 Å². The number of nitrogens with one attached hydrogen (secondary N) is 1. The Kier molecular flexibility index (Phi) is 5.77. The van der Waals surface area contributed by atoms with Crippen LogP contribution in [0.2, 0.25) is 0 Å². The third-order valence-corrected chi connectivity index (χ3v) is 5.46. The summed E-state index contributed by atoms with van der Waals surface area (Å²) in [6, 6.07) is 3.78. The predicted octanol–water partition coefficient (Wildman–Crippen LogP) is 1.42. The van der Waals surface area contributed by atoms with Crippen molar-refractivity contribution in [3.8, 4) is 5.75 Å². The normalized spacial score (nSPS) is 12.6. The minimum atomic E-state index is -3.82. The maximum atomic E-state index is 12.3. The number of ether oxygens (including phenoxy) is 1. The zero-order valence-corrected chi connectivity index (χ0v) is 14.2. The molecule has 0 saturated carbocycles. The molecule has 1 aromatic rings. The number of methoxy groups -OCH3 is 1. The number of sulfone groups is 1. The zero-order chi connectivity index (χ0) is 16.3. The topological polar surface area (TPSA) is 89.5 Å². The predicted molar refractivity (Wildman–Crippen MR) is 80.7 cm³/mol. The lowest BCUT2D eigenvalue weighted by atomic mass is 10.1. The molecule has 6 nitrogen and oxygen atoms in total. The van der Waals surface area contributed by atoms with Crippen molar-refractivity contribution in [3.05, 3.63) is 18.2 Å². The first kappa shape index (κ1) is 17.9. The van der Waals surface area contributed by atoms with Crippen LogP contribution in [0.1, 0.15) is 20.3 Å². The minimum absolute atomic E-state index is 0.0625. The Balaban J connectivity index is 3.20. The highest BCUT2D eigenvalue weighted by Gasteiger charge is 2.22. The number of rotatable bonds is 7. The summed E-state index contributed by atoms with van der Waals surface area (Å²) in [6.45, 7) is 4.25. The second kappa shape index (κ2) is 6.76. The maximum absolute atomic E-state index is 12.3. The molecule has 0 bridgehead atoms. The number of sulfonamides is 1. The largest absolute Gasteiger partial charge is 0.495 e. The average molecular weight is 335 g/mol. The average Bonchev–Trinajstić information content (AvgIpc) is 2.36. The van der Waals surface area contributed by atoms with Crippen LogP contribution in [0.25, 0.3) is 0 Å². The van der Waals surface area contributed by atoms with Crippen molar-refractivity contribution < 1.29 is 21.6 Å². The van der Waals surface area contributed by atoms with E-state index in [2.05, 4.69) is 4.72 Å². The highest BCUT2D eigenvalue weighted by atomic mass is 32.2. The molecule has 1 N–H and O–H groups in total. The molecule has 1 rings (SSSR count). The summed E-state index contributed by atoms with van der Waals surface area (Å²) in [6.07, 6.45) is 1.71. The van der Waals surface area contributed by atoms with Crippen molar-refractivity contribution in [1.29, 1.82) is 0 Å². The first-order valence-corrected chi connectivity index (χ1v) is 9.83. The van der Waals surface area contributed by atoms with Crippen LogP contribution in [-0.4, -0.2) is 36.7 Å². The van der Waals surface area contributed by atoms with Crippen LogP contribution < -0.4 is 9.46 Å². The molecule has 1 aromatic carbocycles. The Morgan fingerprint density at radius 3 is 2.29 bits per heavy atom. The van der Waals surface area contributed by atoms with E-state index in [0.29, 0.717) is 12.3 Å². The Bertz CT molecular complexity index is 693. The van der Waals surface area contributed by atoms with Crippen molar-refractivity contribution in [3.63, 3.8) is 0 Å². The minimum Gasteiger partial charge on any atom is -0.495 e. The Labute approximate surface area is 126 Å². The van der Waals surface area contributed by atoms with Gasteiger partial charge in [-0.1, -0.05) is 13.8 Å². The molecule has 0 atom stereocenters. The van der Waals surface area contributed by atoms with E-state index >= 15 is 0 Å². The van der Waals surface area contributed by atoms with E-state index in [1.165, 1.54) is 19.2 Å². The van der Waals surface area contributed by atoms with Crippen LogP contribution >= 0.6 is 0 Å². The Morgan fingerprint density at radius 1 is 1.19 bits per heavy atom. The molecule has 8 heteroatoms. The van der Waals surface area contributed by atoms with Crippen molar-refractivity contribution in [2.24, 2.45) is 5.92 Å². The number of hydrogen-bond acceptors (Lipinski definition) is 5. The molecule has 0 aromatic heterocycles. The van der Waals surface area contributed by atoms with Gasteiger partial charge in [0.15, 0.2) is 9.84 Å². The number of hydrogen-bond donors (Lipinski definition) is 1. The van der Waals surface area contributed by atoms with Gasteiger partial charge in [0.1, 0.15) is 10.6 Å². The molecule has 0 aliphatic carbocycles. The van der Waals surface area contributed by atoms with Crippen molar-refractivity contribution in [2.45, 2.75) is 30.1 Å². The second-order valence-electron chi connectivity index (χ2n) is 5.17. The van der Waals surface area contributed by atoms with E-state index < -0.39 is 19.9 Å². The molecule has 0 fully saturated rings. The van der Waals surface area contributed by atoms with E-state index in [1.807, 2.05) is 13.8 Å². The van der Waals surface area contributed by atoms with Gasteiger partial charge in [-0.05, 0) is 30.5 Å². The monoisotopic (exact) mass is 335 g/mol. The van der Waals surface area contributed by atoms with E-state index in [9.17, 15) is 16.8 Å². The standard InChI is InChI=1S/C13H21NO5S2/c1-10(2)7-8-14-21(17,18)13-9-11(20(4,15)16)5-6-12(13)19-3/h5-6,9-10,14H,7-8H2,1-4H3. The van der Waals surface area contributed by atoms with E-state index in [1.54, 1.807) is 0 Å². The lowest BCUT2D eigenvalue weighted by molar-refractivity contribution is 0.401. The zero-order valence-electron chi connectivity index (χ0n) is 12.6. The molecule has 0 saturated heterocycles. The maximum Gasteiger partial charge on any atom is 0.244 e. The summed E-state index contributed by atoms with van der Waals surface area (Å²) in [4.78, 5) is -0.232. The molecule has 0 aliphatic heterocycles. The van der Waals surface area contributed by atoms with E-state index in [4.69, 9.17) is 4.74 Å². The SMILES string of the molecule is COc1ccc(S(C)(=O)=O)cc1S(=O)(=O)NCCC(C)C. The molecular weight excluding hydrogens is 314 g/mol. The number of benzene rings is 1. The summed E-state index contributed by atoms with van der Waals surface area (Å²) < 4.78 is 55.2. The molecule has 0 unspecified atom stereocenters. The molecule has 0 amide bonds.